The second kappa shape index (κ2) is 7.01. The molecule has 27 heavy (non-hydrogen) atoms. The second-order valence-corrected chi connectivity index (χ2v) is 9.07. The molecule has 1 N–H and O–H groups in total. The molecule has 2 aromatic rings. The van der Waals surface area contributed by atoms with Gasteiger partial charge >= 0.3 is 0 Å². The molecule has 1 fully saturated rings. The fourth-order valence-corrected chi connectivity index (χ4v) is 5.98. The van der Waals surface area contributed by atoms with Crippen LogP contribution >= 0.6 is 23.2 Å². The Morgan fingerprint density at radius 1 is 1.26 bits per heavy atom. The van der Waals surface area contributed by atoms with Crippen LogP contribution in [0.4, 0.5) is 0 Å². The Morgan fingerprint density at radius 3 is 2.74 bits per heavy atom. The molecule has 142 valence electrons. The number of rotatable bonds is 4. The van der Waals surface area contributed by atoms with Crippen molar-refractivity contribution in [1.82, 2.24) is 19.6 Å². The molecule has 1 saturated heterocycles. The number of sulfonamides is 1. The Balaban J connectivity index is 1.52. The lowest BCUT2D eigenvalue weighted by atomic mass is 9.99. The summed E-state index contributed by atoms with van der Waals surface area (Å²) in [4.78, 5) is 22.7. The van der Waals surface area contributed by atoms with E-state index in [2.05, 4.69) is 14.7 Å². The molecule has 1 aromatic heterocycles. The summed E-state index contributed by atoms with van der Waals surface area (Å²) in [7, 11) is -4.02. The van der Waals surface area contributed by atoms with Gasteiger partial charge in [0.25, 0.3) is 0 Å². The molecule has 0 aliphatic carbocycles. The van der Waals surface area contributed by atoms with Crippen LogP contribution in [0.25, 0.3) is 0 Å². The molecule has 2 atom stereocenters. The van der Waals surface area contributed by atoms with Crippen LogP contribution in [0.3, 0.4) is 0 Å². The highest BCUT2D eigenvalue weighted by Gasteiger charge is 2.43. The van der Waals surface area contributed by atoms with Crippen LogP contribution in [-0.2, 0) is 21.2 Å². The minimum Gasteiger partial charge on any atom is -0.331 e. The van der Waals surface area contributed by atoms with E-state index in [1.807, 2.05) is 0 Å². The zero-order valence-corrected chi connectivity index (χ0v) is 16.4. The van der Waals surface area contributed by atoms with Crippen molar-refractivity contribution in [3.05, 3.63) is 52.0 Å². The molecule has 4 rings (SSSR count). The van der Waals surface area contributed by atoms with E-state index in [1.54, 1.807) is 17.2 Å². The zero-order valence-electron chi connectivity index (χ0n) is 14.1. The van der Waals surface area contributed by atoms with Crippen molar-refractivity contribution in [3.8, 4) is 0 Å². The van der Waals surface area contributed by atoms with Crippen molar-refractivity contribution >= 4 is 39.1 Å². The maximum absolute atomic E-state index is 12.8. The lowest BCUT2D eigenvalue weighted by Crippen LogP contribution is -2.46. The molecule has 1 aromatic carbocycles. The first-order chi connectivity index (χ1) is 12.9. The Hall–Kier alpha value is -1.74. The molecule has 2 bridgehead atoms. The Morgan fingerprint density at radius 2 is 2.00 bits per heavy atom. The number of halogens is 2. The number of amides is 1. The summed E-state index contributed by atoms with van der Waals surface area (Å²) in [6, 6.07) is 4.34. The molecule has 2 unspecified atom stereocenters. The van der Waals surface area contributed by atoms with E-state index in [-0.39, 0.29) is 39.5 Å². The van der Waals surface area contributed by atoms with Crippen LogP contribution in [0.5, 0.6) is 0 Å². The van der Waals surface area contributed by atoms with Crippen LogP contribution in [0.2, 0.25) is 10.0 Å². The Kier molecular flexibility index (Phi) is 4.84. The molecule has 10 heteroatoms. The fraction of sp³-hybridized carbons (Fsp3) is 0.353. The van der Waals surface area contributed by atoms with Crippen LogP contribution in [-0.4, -0.2) is 41.8 Å². The van der Waals surface area contributed by atoms with E-state index in [1.165, 1.54) is 18.5 Å². The highest BCUT2D eigenvalue weighted by Crippen LogP contribution is 2.42. The summed E-state index contributed by atoms with van der Waals surface area (Å²) in [6.07, 6.45) is 5.58. The third kappa shape index (κ3) is 3.31. The molecule has 3 heterocycles. The van der Waals surface area contributed by atoms with E-state index in [4.69, 9.17) is 23.2 Å². The van der Waals surface area contributed by atoms with Gasteiger partial charge in [0, 0.05) is 24.2 Å². The molecule has 0 radical (unpaired) electrons. The number of carbonyl (C=O) groups is 1. The Bertz CT molecular complexity index is 995. The largest absolute Gasteiger partial charge is 0.331 e. The number of hydrogen-bond donors (Lipinski definition) is 1. The van der Waals surface area contributed by atoms with Gasteiger partial charge in [-0.3, -0.25) is 4.79 Å². The van der Waals surface area contributed by atoms with E-state index < -0.39 is 10.0 Å². The monoisotopic (exact) mass is 426 g/mol. The number of aromatic nitrogens is 2. The first-order valence-electron chi connectivity index (χ1n) is 8.42. The molecule has 2 aliphatic rings. The minimum absolute atomic E-state index is 0.00608. The number of nitrogens with zero attached hydrogens (tertiary/aromatic N) is 3. The van der Waals surface area contributed by atoms with Crippen LogP contribution in [0.1, 0.15) is 30.1 Å². The molecule has 0 spiro atoms. The SMILES string of the molecule is O=C(CNS(=O)(=O)c1c(Cl)cccc1Cl)N1C2CCC1c1cncnc1C2. The van der Waals surface area contributed by atoms with Crippen LogP contribution in [0.15, 0.2) is 35.6 Å². The molecule has 2 aliphatic heterocycles. The third-order valence-electron chi connectivity index (χ3n) is 5.01. The van der Waals surface area contributed by atoms with Crippen molar-refractivity contribution in [1.29, 1.82) is 0 Å². The van der Waals surface area contributed by atoms with E-state index in [0.29, 0.717) is 6.42 Å². The summed E-state index contributed by atoms with van der Waals surface area (Å²) in [5.41, 5.74) is 1.90. The lowest BCUT2D eigenvalue weighted by Gasteiger charge is -2.35. The topological polar surface area (TPSA) is 92.3 Å². The normalized spacial score (nSPS) is 21.2. The van der Waals surface area contributed by atoms with Gasteiger partial charge in [0.15, 0.2) is 0 Å². The highest BCUT2D eigenvalue weighted by molar-refractivity contribution is 7.89. The Labute approximate surface area is 166 Å². The predicted molar refractivity (Wildman–Crippen MR) is 100.0 cm³/mol. The number of hydrogen-bond acceptors (Lipinski definition) is 5. The van der Waals surface area contributed by atoms with Gasteiger partial charge in [0.2, 0.25) is 15.9 Å². The number of benzene rings is 1. The average molecular weight is 427 g/mol. The smallest absolute Gasteiger partial charge is 0.244 e. The van der Waals surface area contributed by atoms with Gasteiger partial charge in [0.05, 0.1) is 28.3 Å². The standard InChI is InChI=1S/C17H16Cl2N4O3S/c18-12-2-1-3-13(19)17(12)27(25,26)22-8-16(24)23-10-4-5-15(23)11-7-20-9-21-14(11)6-10/h1-3,7,9-10,15,22H,4-6,8H2. The molecular weight excluding hydrogens is 411 g/mol. The zero-order chi connectivity index (χ0) is 19.2. The van der Waals surface area contributed by atoms with E-state index >= 15 is 0 Å². The highest BCUT2D eigenvalue weighted by atomic mass is 35.5. The van der Waals surface area contributed by atoms with Crippen LogP contribution in [0, 0.1) is 0 Å². The maximum Gasteiger partial charge on any atom is 0.244 e. The second-order valence-electron chi connectivity index (χ2n) is 6.55. The average Bonchev–Trinajstić information content (AvgIpc) is 2.94. The number of nitrogens with one attached hydrogen (secondary N) is 1. The van der Waals surface area contributed by atoms with Crippen molar-refractivity contribution in [2.75, 3.05) is 6.54 Å². The van der Waals surface area contributed by atoms with Crippen molar-refractivity contribution in [2.45, 2.75) is 36.2 Å². The van der Waals surface area contributed by atoms with Crippen molar-refractivity contribution in [3.63, 3.8) is 0 Å². The summed E-state index contributed by atoms with van der Waals surface area (Å²) in [5, 5.41) is 0.0122. The molecular formula is C17H16Cl2N4O3S. The van der Waals surface area contributed by atoms with Crippen LogP contribution < -0.4 is 4.72 Å². The van der Waals surface area contributed by atoms with Gasteiger partial charge in [-0.1, -0.05) is 29.3 Å². The number of fused-ring (bicyclic) bond motifs is 4. The first kappa shape index (κ1) is 18.6. The molecule has 7 nitrogen and oxygen atoms in total. The van der Waals surface area contributed by atoms with E-state index in [0.717, 1.165) is 24.1 Å². The quantitative estimate of drug-likeness (QED) is 0.809. The maximum atomic E-state index is 12.8. The first-order valence-corrected chi connectivity index (χ1v) is 10.7. The molecule has 1 amide bonds. The van der Waals surface area contributed by atoms with Gasteiger partial charge in [-0.25, -0.2) is 23.1 Å². The molecule has 0 saturated carbocycles. The third-order valence-corrected chi connectivity index (χ3v) is 7.36. The predicted octanol–water partition coefficient (Wildman–Crippen LogP) is 2.35. The minimum atomic E-state index is -4.02. The number of carbonyl (C=O) groups excluding carboxylic acids is 1. The summed E-state index contributed by atoms with van der Waals surface area (Å²) in [6.45, 7) is -0.361. The van der Waals surface area contributed by atoms with Gasteiger partial charge in [-0.2, -0.15) is 0 Å². The van der Waals surface area contributed by atoms with Crippen molar-refractivity contribution in [2.24, 2.45) is 0 Å². The fourth-order valence-electron chi connectivity index (χ4n) is 3.86. The lowest BCUT2D eigenvalue weighted by molar-refractivity contribution is -0.133. The van der Waals surface area contributed by atoms with E-state index in [9.17, 15) is 13.2 Å². The van der Waals surface area contributed by atoms with Crippen molar-refractivity contribution < 1.29 is 13.2 Å². The summed E-state index contributed by atoms with van der Waals surface area (Å²) in [5.74, 6) is -0.288. The van der Waals surface area contributed by atoms with Gasteiger partial charge in [0.1, 0.15) is 11.2 Å². The van der Waals surface area contributed by atoms with Gasteiger partial charge in [-0.05, 0) is 25.0 Å². The summed E-state index contributed by atoms with van der Waals surface area (Å²) >= 11 is 12.0. The summed E-state index contributed by atoms with van der Waals surface area (Å²) < 4.78 is 27.5. The van der Waals surface area contributed by atoms with Gasteiger partial charge < -0.3 is 4.90 Å². The van der Waals surface area contributed by atoms with Gasteiger partial charge in [-0.15, -0.1) is 0 Å².